The Kier molecular flexibility index (Phi) is 11.2. The molecule has 0 saturated carbocycles. The van der Waals surface area contributed by atoms with Gasteiger partial charge in [-0.05, 0) is 128 Å². The molecule has 4 saturated heterocycles. The van der Waals surface area contributed by atoms with Gasteiger partial charge in [0.1, 0.15) is 11.7 Å². The van der Waals surface area contributed by atoms with Gasteiger partial charge in [-0.3, -0.25) is 34.6 Å². The van der Waals surface area contributed by atoms with Crippen molar-refractivity contribution in [3.05, 3.63) is 108 Å². The molecule has 4 aliphatic heterocycles. The Morgan fingerprint density at radius 1 is 0.823 bits per heavy atom. The molecule has 0 radical (unpaired) electrons. The highest BCUT2D eigenvalue weighted by atomic mass is 16.2. The molecule has 4 fully saturated rings. The summed E-state index contributed by atoms with van der Waals surface area (Å²) in [4.78, 5) is 51.8. The third kappa shape index (κ3) is 8.43. The van der Waals surface area contributed by atoms with Crippen LogP contribution in [0.3, 0.4) is 0 Å². The van der Waals surface area contributed by atoms with Crippen LogP contribution in [0.1, 0.15) is 66.1 Å². The lowest BCUT2D eigenvalue weighted by atomic mass is 9.88. The first kappa shape index (κ1) is 40.0. The lowest BCUT2D eigenvalue weighted by Gasteiger charge is -2.39. The number of aryl methyl sites for hydroxylation is 1. The fourth-order valence-electron chi connectivity index (χ4n) is 10.2. The standard InChI is InChI=1S/C49H56N10O3/c1-55-41(29-43-42(13-18-50-47(43)55)37-9-10-44-38(27-37)30-51-54-44)32-56-19-16-35(17-20-56)34-5-7-36(8-6-34)49(62)59-21-14-33(15-22-59)31-57-23-25-58(26-24-57)40-4-2-3-39(28-40)52-45-11-12-46(60)53-48(45)61/h2-10,13,18,27-30,33,35,45,52H,11-12,14-17,19-26,31-32H2,1H3,(H,51,54)(H,53,60,61). The highest BCUT2D eigenvalue weighted by Gasteiger charge is 2.29. The van der Waals surface area contributed by atoms with Crippen molar-refractivity contribution in [1.29, 1.82) is 0 Å². The van der Waals surface area contributed by atoms with E-state index in [1.807, 2.05) is 24.5 Å². The average molecular weight is 833 g/mol. The Morgan fingerprint density at radius 3 is 2.42 bits per heavy atom. The van der Waals surface area contributed by atoms with Crippen LogP contribution in [0.5, 0.6) is 0 Å². The number of hydrogen-bond acceptors (Lipinski definition) is 9. The van der Waals surface area contributed by atoms with Gasteiger partial charge in [0.05, 0.1) is 11.7 Å². The van der Waals surface area contributed by atoms with Crippen molar-refractivity contribution in [3.63, 3.8) is 0 Å². The van der Waals surface area contributed by atoms with Gasteiger partial charge in [-0.2, -0.15) is 5.10 Å². The number of benzene rings is 3. The number of carbonyl (C=O) groups excluding carboxylic acids is 3. The van der Waals surface area contributed by atoms with Gasteiger partial charge < -0.3 is 19.7 Å². The minimum Gasteiger partial charge on any atom is -0.374 e. The SMILES string of the molecule is Cn1c(CN2CCC(c3ccc(C(=O)N4CCC(CN5CCN(c6cccc(NC7CCC(=O)NC7=O)c6)CC5)CC4)cc3)CC2)cc2c(-c3ccc4[nH]ncc4c3)ccnc21. The van der Waals surface area contributed by atoms with E-state index >= 15 is 0 Å². The molecule has 0 aliphatic carbocycles. The Morgan fingerprint density at radius 2 is 1.63 bits per heavy atom. The molecule has 1 atom stereocenters. The molecule has 3 amide bonds. The second-order valence-corrected chi connectivity index (χ2v) is 17.9. The summed E-state index contributed by atoms with van der Waals surface area (Å²) < 4.78 is 2.25. The molecule has 3 aromatic carbocycles. The van der Waals surface area contributed by atoms with Gasteiger partial charge in [-0.25, -0.2) is 4.98 Å². The molecule has 6 aromatic rings. The van der Waals surface area contributed by atoms with Crippen molar-refractivity contribution in [2.45, 2.75) is 57.0 Å². The number of anilines is 2. The largest absolute Gasteiger partial charge is 0.374 e. The number of nitrogens with one attached hydrogen (secondary N) is 3. The van der Waals surface area contributed by atoms with Gasteiger partial charge in [0.15, 0.2) is 0 Å². The fraction of sp³-hybridized carbons (Fsp3) is 0.408. The van der Waals surface area contributed by atoms with E-state index < -0.39 is 0 Å². The molecule has 7 heterocycles. The number of aromatic amines is 1. The fourth-order valence-corrected chi connectivity index (χ4v) is 10.2. The van der Waals surface area contributed by atoms with Crippen LogP contribution in [0.4, 0.5) is 11.4 Å². The zero-order chi connectivity index (χ0) is 42.2. The maximum atomic E-state index is 13.6. The number of hydrogen-bond donors (Lipinski definition) is 3. The van der Waals surface area contributed by atoms with E-state index in [1.54, 1.807) is 0 Å². The highest BCUT2D eigenvalue weighted by Crippen LogP contribution is 2.34. The van der Waals surface area contributed by atoms with Gasteiger partial charge in [0.25, 0.3) is 5.91 Å². The van der Waals surface area contributed by atoms with Gasteiger partial charge >= 0.3 is 0 Å². The first-order chi connectivity index (χ1) is 30.3. The number of piperazine rings is 1. The smallest absolute Gasteiger partial charge is 0.253 e. The van der Waals surface area contributed by atoms with E-state index in [9.17, 15) is 14.4 Å². The van der Waals surface area contributed by atoms with Crippen LogP contribution >= 0.6 is 0 Å². The van der Waals surface area contributed by atoms with Crippen LogP contribution in [0.15, 0.2) is 91.3 Å². The number of nitrogens with zero attached hydrogens (tertiary/aromatic N) is 7. The molecule has 13 nitrogen and oxygen atoms in total. The molecular formula is C49H56N10O3. The molecule has 13 heteroatoms. The molecule has 3 N–H and O–H groups in total. The van der Waals surface area contributed by atoms with E-state index in [0.29, 0.717) is 24.7 Å². The van der Waals surface area contributed by atoms with Gasteiger partial charge in [-0.1, -0.05) is 24.3 Å². The number of pyridine rings is 1. The number of piperidine rings is 3. The summed E-state index contributed by atoms with van der Waals surface area (Å²) >= 11 is 0. The summed E-state index contributed by atoms with van der Waals surface area (Å²) in [6.07, 6.45) is 8.94. The Labute approximate surface area is 362 Å². The maximum Gasteiger partial charge on any atom is 0.253 e. The third-order valence-corrected chi connectivity index (χ3v) is 14.0. The summed E-state index contributed by atoms with van der Waals surface area (Å²) in [5, 5.41) is 15.3. The summed E-state index contributed by atoms with van der Waals surface area (Å²) in [6, 6.07) is 27.2. The Bertz CT molecular complexity index is 2580. The molecule has 62 heavy (non-hydrogen) atoms. The zero-order valence-corrected chi connectivity index (χ0v) is 35.6. The van der Waals surface area contributed by atoms with Crippen molar-refractivity contribution in [3.8, 4) is 11.1 Å². The number of H-pyrrole nitrogens is 1. The van der Waals surface area contributed by atoms with Crippen LogP contribution < -0.4 is 15.5 Å². The first-order valence-corrected chi connectivity index (χ1v) is 22.5. The number of amides is 3. The number of aromatic nitrogens is 4. The molecule has 0 spiro atoms. The zero-order valence-electron chi connectivity index (χ0n) is 35.6. The van der Waals surface area contributed by atoms with Crippen LogP contribution in [0.2, 0.25) is 0 Å². The number of fused-ring (bicyclic) bond motifs is 2. The first-order valence-electron chi connectivity index (χ1n) is 22.5. The van der Waals surface area contributed by atoms with Gasteiger partial charge in [0.2, 0.25) is 11.8 Å². The Hall–Kier alpha value is -6.05. The topological polar surface area (TPSA) is 135 Å². The van der Waals surface area contributed by atoms with Crippen molar-refractivity contribution >= 4 is 51.0 Å². The van der Waals surface area contributed by atoms with E-state index in [-0.39, 0.29) is 23.8 Å². The predicted octanol–water partition coefficient (Wildman–Crippen LogP) is 6.39. The molecule has 3 aromatic heterocycles. The van der Waals surface area contributed by atoms with Crippen LogP contribution in [0.25, 0.3) is 33.1 Å². The van der Waals surface area contributed by atoms with E-state index in [4.69, 9.17) is 4.98 Å². The molecule has 4 aliphatic rings. The summed E-state index contributed by atoms with van der Waals surface area (Å²) in [7, 11) is 2.13. The number of carbonyl (C=O) groups is 3. The van der Waals surface area contributed by atoms with Crippen LogP contribution in [0, 0.1) is 5.92 Å². The second kappa shape index (κ2) is 17.4. The van der Waals surface area contributed by atoms with Crippen molar-refractivity contribution in [1.82, 2.24) is 39.8 Å². The lowest BCUT2D eigenvalue weighted by Crippen LogP contribution is -2.49. The summed E-state index contributed by atoms with van der Waals surface area (Å²) in [5.41, 5.74) is 9.86. The van der Waals surface area contributed by atoms with Crippen LogP contribution in [-0.4, -0.2) is 117 Å². The second-order valence-electron chi connectivity index (χ2n) is 17.9. The molecule has 0 bridgehead atoms. The Balaban J connectivity index is 0.667. The van der Waals surface area contributed by atoms with Crippen molar-refractivity contribution in [2.24, 2.45) is 13.0 Å². The monoisotopic (exact) mass is 832 g/mol. The molecule has 10 rings (SSSR count). The normalized spacial score (nSPS) is 20.0. The van der Waals surface area contributed by atoms with Gasteiger partial charge in [-0.15, -0.1) is 0 Å². The quantitative estimate of drug-likeness (QED) is 0.134. The third-order valence-electron chi connectivity index (χ3n) is 14.0. The molecular weight excluding hydrogens is 777 g/mol. The summed E-state index contributed by atoms with van der Waals surface area (Å²) in [6.45, 7) is 9.57. The minimum atomic E-state index is -0.388. The minimum absolute atomic E-state index is 0.155. The van der Waals surface area contributed by atoms with E-state index in [0.717, 1.165) is 125 Å². The van der Waals surface area contributed by atoms with Gasteiger partial charge in [0, 0.05) is 105 Å². The van der Waals surface area contributed by atoms with Crippen molar-refractivity contribution < 1.29 is 14.4 Å². The maximum absolute atomic E-state index is 13.6. The number of rotatable bonds is 10. The van der Waals surface area contributed by atoms with E-state index in [2.05, 4.69) is 119 Å². The van der Waals surface area contributed by atoms with Crippen LogP contribution in [-0.2, 0) is 23.2 Å². The number of likely N-dealkylation sites (tertiary alicyclic amines) is 2. The van der Waals surface area contributed by atoms with Crippen molar-refractivity contribution in [2.75, 3.05) is 69.1 Å². The lowest BCUT2D eigenvalue weighted by molar-refractivity contribution is -0.133. The van der Waals surface area contributed by atoms with E-state index in [1.165, 1.54) is 27.8 Å². The molecule has 320 valence electrons. The average Bonchev–Trinajstić information content (AvgIpc) is 3.91. The highest BCUT2D eigenvalue weighted by molar-refractivity contribution is 6.01. The predicted molar refractivity (Wildman–Crippen MR) is 243 cm³/mol. The summed E-state index contributed by atoms with van der Waals surface area (Å²) in [5.74, 6) is 0.794. The molecule has 1 unspecified atom stereocenters. The number of imide groups is 1.